The van der Waals surface area contributed by atoms with E-state index >= 15 is 0 Å². The number of Topliss-reactive ketones (excluding diaryl/α,β-unsaturated/α-hetero) is 1. The Hall–Kier alpha value is -1.64. The maximum Gasteiger partial charge on any atom is 0.202 e. The zero-order chi connectivity index (χ0) is 10.1. The van der Waals surface area contributed by atoms with Gasteiger partial charge in [0, 0.05) is 0 Å². The maximum atomic E-state index is 10.9. The van der Waals surface area contributed by atoms with Crippen molar-refractivity contribution in [3.8, 4) is 0 Å². The van der Waals surface area contributed by atoms with Gasteiger partial charge in [0.1, 0.15) is 11.3 Å². The van der Waals surface area contributed by atoms with Crippen molar-refractivity contribution in [1.29, 1.82) is 0 Å². The van der Waals surface area contributed by atoms with Crippen molar-refractivity contribution in [1.82, 2.24) is 4.98 Å². The first-order chi connectivity index (χ1) is 6.65. The number of ketones is 1. The van der Waals surface area contributed by atoms with Gasteiger partial charge in [0.05, 0.1) is 6.42 Å². The summed E-state index contributed by atoms with van der Waals surface area (Å²) >= 11 is 0. The van der Waals surface area contributed by atoms with Crippen LogP contribution in [0.15, 0.2) is 22.6 Å². The first-order valence-corrected chi connectivity index (χ1v) is 4.50. The molecule has 0 radical (unpaired) electrons. The minimum atomic E-state index is 0.0632. The molecule has 0 aliphatic heterocycles. The standard InChI is InChI=1S/C11H11NO2/c1-7-3-4-9-10(5-7)14-11(12-9)6-8(2)13/h3-5H,6H2,1-2H3. The summed E-state index contributed by atoms with van der Waals surface area (Å²) in [4.78, 5) is 15.1. The van der Waals surface area contributed by atoms with Crippen LogP contribution in [0.3, 0.4) is 0 Å². The van der Waals surface area contributed by atoms with Crippen LogP contribution in [0.4, 0.5) is 0 Å². The zero-order valence-corrected chi connectivity index (χ0v) is 8.20. The summed E-state index contributed by atoms with van der Waals surface area (Å²) in [7, 11) is 0. The van der Waals surface area contributed by atoms with Crippen molar-refractivity contribution >= 4 is 16.9 Å². The molecule has 0 fully saturated rings. The Kier molecular flexibility index (Phi) is 2.08. The number of carbonyl (C=O) groups is 1. The van der Waals surface area contributed by atoms with Crippen molar-refractivity contribution in [2.75, 3.05) is 0 Å². The monoisotopic (exact) mass is 189 g/mol. The lowest BCUT2D eigenvalue weighted by molar-refractivity contribution is -0.116. The van der Waals surface area contributed by atoms with E-state index in [0.717, 1.165) is 16.7 Å². The van der Waals surface area contributed by atoms with E-state index in [0.29, 0.717) is 5.89 Å². The Balaban J connectivity index is 2.46. The van der Waals surface area contributed by atoms with Gasteiger partial charge in [0.15, 0.2) is 5.58 Å². The molecule has 2 rings (SSSR count). The topological polar surface area (TPSA) is 43.1 Å². The molecule has 0 N–H and O–H groups in total. The van der Waals surface area contributed by atoms with Gasteiger partial charge in [-0.3, -0.25) is 4.79 Å². The summed E-state index contributed by atoms with van der Waals surface area (Å²) in [6, 6.07) is 5.80. The van der Waals surface area contributed by atoms with Crippen molar-refractivity contribution in [3.63, 3.8) is 0 Å². The molecule has 1 heterocycles. The predicted molar refractivity (Wildman–Crippen MR) is 53.1 cm³/mol. The van der Waals surface area contributed by atoms with E-state index in [1.807, 2.05) is 25.1 Å². The van der Waals surface area contributed by atoms with Crippen molar-refractivity contribution in [3.05, 3.63) is 29.7 Å². The molecule has 0 amide bonds. The van der Waals surface area contributed by atoms with Crippen LogP contribution in [-0.2, 0) is 11.2 Å². The summed E-state index contributed by atoms with van der Waals surface area (Å²) in [6.45, 7) is 3.52. The number of nitrogens with zero attached hydrogens (tertiary/aromatic N) is 1. The van der Waals surface area contributed by atoms with E-state index in [1.165, 1.54) is 6.92 Å². The average Bonchev–Trinajstić information content (AvgIpc) is 2.44. The number of fused-ring (bicyclic) bond motifs is 1. The van der Waals surface area contributed by atoms with Crippen LogP contribution in [0, 0.1) is 6.92 Å². The Morgan fingerprint density at radius 2 is 2.29 bits per heavy atom. The number of hydrogen-bond acceptors (Lipinski definition) is 3. The molecule has 0 aliphatic rings. The van der Waals surface area contributed by atoms with Gasteiger partial charge in [-0.15, -0.1) is 0 Å². The van der Waals surface area contributed by atoms with Crippen LogP contribution in [0.1, 0.15) is 18.4 Å². The van der Waals surface area contributed by atoms with Gasteiger partial charge in [-0.2, -0.15) is 0 Å². The predicted octanol–water partition coefficient (Wildman–Crippen LogP) is 2.27. The molecule has 3 nitrogen and oxygen atoms in total. The van der Waals surface area contributed by atoms with E-state index in [9.17, 15) is 4.79 Å². The summed E-state index contributed by atoms with van der Waals surface area (Å²) in [5.41, 5.74) is 2.69. The highest BCUT2D eigenvalue weighted by molar-refractivity contribution is 5.79. The lowest BCUT2D eigenvalue weighted by Gasteiger charge is -1.88. The Labute approximate surface area is 81.7 Å². The van der Waals surface area contributed by atoms with Crippen molar-refractivity contribution in [2.45, 2.75) is 20.3 Å². The second-order valence-electron chi connectivity index (χ2n) is 3.46. The summed E-state index contributed by atoms with van der Waals surface area (Å²) in [6.07, 6.45) is 0.272. The fourth-order valence-electron chi connectivity index (χ4n) is 1.37. The maximum absolute atomic E-state index is 10.9. The lowest BCUT2D eigenvalue weighted by atomic mass is 10.2. The largest absolute Gasteiger partial charge is 0.440 e. The number of aryl methyl sites for hydroxylation is 1. The third kappa shape index (κ3) is 1.66. The van der Waals surface area contributed by atoms with E-state index in [2.05, 4.69) is 4.98 Å². The molecular formula is C11H11NO2. The molecule has 0 spiro atoms. The Bertz CT molecular complexity index is 485. The number of hydrogen-bond donors (Lipinski definition) is 0. The van der Waals surface area contributed by atoms with Crippen LogP contribution >= 0.6 is 0 Å². The summed E-state index contributed by atoms with van der Waals surface area (Å²) in [5, 5.41) is 0. The minimum absolute atomic E-state index is 0.0632. The fraction of sp³-hybridized carbons (Fsp3) is 0.273. The highest BCUT2D eigenvalue weighted by atomic mass is 16.3. The van der Waals surface area contributed by atoms with Crippen LogP contribution in [0.5, 0.6) is 0 Å². The van der Waals surface area contributed by atoms with Crippen molar-refractivity contribution in [2.24, 2.45) is 0 Å². The van der Waals surface area contributed by atoms with Gasteiger partial charge in [-0.1, -0.05) is 6.07 Å². The molecule has 72 valence electrons. The second kappa shape index (κ2) is 3.25. The summed E-state index contributed by atoms with van der Waals surface area (Å²) in [5.74, 6) is 0.561. The zero-order valence-electron chi connectivity index (χ0n) is 8.20. The van der Waals surface area contributed by atoms with Crippen LogP contribution in [0.2, 0.25) is 0 Å². The SMILES string of the molecule is CC(=O)Cc1nc2ccc(C)cc2o1. The number of carbonyl (C=O) groups excluding carboxylic acids is 1. The Morgan fingerprint density at radius 3 is 3.00 bits per heavy atom. The lowest BCUT2D eigenvalue weighted by Crippen LogP contribution is -1.95. The van der Waals surface area contributed by atoms with Gasteiger partial charge in [0.2, 0.25) is 5.89 Å². The molecule has 14 heavy (non-hydrogen) atoms. The van der Waals surface area contributed by atoms with Gasteiger partial charge in [0.25, 0.3) is 0 Å². The summed E-state index contributed by atoms with van der Waals surface area (Å²) < 4.78 is 5.43. The highest BCUT2D eigenvalue weighted by Crippen LogP contribution is 2.17. The van der Waals surface area contributed by atoms with Crippen LogP contribution in [-0.4, -0.2) is 10.8 Å². The van der Waals surface area contributed by atoms with E-state index in [4.69, 9.17) is 4.42 Å². The average molecular weight is 189 g/mol. The fourth-order valence-corrected chi connectivity index (χ4v) is 1.37. The molecule has 0 atom stereocenters. The molecule has 1 aromatic carbocycles. The van der Waals surface area contributed by atoms with E-state index in [-0.39, 0.29) is 12.2 Å². The third-order valence-electron chi connectivity index (χ3n) is 1.99. The molecule has 0 bridgehead atoms. The number of rotatable bonds is 2. The second-order valence-corrected chi connectivity index (χ2v) is 3.46. The molecule has 0 saturated carbocycles. The molecule has 3 heteroatoms. The van der Waals surface area contributed by atoms with Crippen LogP contribution in [0.25, 0.3) is 11.1 Å². The highest BCUT2D eigenvalue weighted by Gasteiger charge is 2.07. The molecule has 0 saturated heterocycles. The normalized spacial score (nSPS) is 10.7. The van der Waals surface area contributed by atoms with Gasteiger partial charge in [-0.25, -0.2) is 4.98 Å². The number of oxazole rings is 1. The molecule has 0 aliphatic carbocycles. The quantitative estimate of drug-likeness (QED) is 0.727. The van der Waals surface area contributed by atoms with Gasteiger partial charge in [-0.05, 0) is 31.5 Å². The van der Waals surface area contributed by atoms with Gasteiger partial charge >= 0.3 is 0 Å². The number of aromatic nitrogens is 1. The van der Waals surface area contributed by atoms with E-state index < -0.39 is 0 Å². The minimum Gasteiger partial charge on any atom is -0.440 e. The molecule has 2 aromatic rings. The Morgan fingerprint density at radius 1 is 1.50 bits per heavy atom. The molecule has 0 unspecified atom stereocenters. The molecular weight excluding hydrogens is 178 g/mol. The van der Waals surface area contributed by atoms with Crippen molar-refractivity contribution < 1.29 is 9.21 Å². The first kappa shape index (κ1) is 8.94. The van der Waals surface area contributed by atoms with E-state index in [1.54, 1.807) is 0 Å². The number of benzene rings is 1. The smallest absolute Gasteiger partial charge is 0.202 e. The third-order valence-corrected chi connectivity index (χ3v) is 1.99. The van der Waals surface area contributed by atoms with Crippen LogP contribution < -0.4 is 0 Å². The molecule has 1 aromatic heterocycles. The first-order valence-electron chi connectivity index (χ1n) is 4.50. The van der Waals surface area contributed by atoms with Gasteiger partial charge < -0.3 is 4.42 Å².